The van der Waals surface area contributed by atoms with Gasteiger partial charge in [0.05, 0.1) is 0 Å². The van der Waals surface area contributed by atoms with Gasteiger partial charge in [0.15, 0.2) is 0 Å². The minimum Gasteiger partial charge on any atom is -0.379 e. The molecule has 0 bridgehead atoms. The third-order valence-corrected chi connectivity index (χ3v) is 4.80. The molecule has 0 unspecified atom stereocenters. The van der Waals surface area contributed by atoms with Gasteiger partial charge in [-0.15, -0.1) is 0 Å². The van der Waals surface area contributed by atoms with Crippen molar-refractivity contribution in [2.75, 3.05) is 0 Å². The van der Waals surface area contributed by atoms with Crippen LogP contribution in [0.2, 0.25) is 0 Å². The molecule has 0 atom stereocenters. The van der Waals surface area contributed by atoms with Gasteiger partial charge in [-0.3, -0.25) is 0 Å². The summed E-state index contributed by atoms with van der Waals surface area (Å²) < 4.78 is 30.1. The summed E-state index contributed by atoms with van der Waals surface area (Å²) in [6, 6.07) is 12.4. The number of aryl methyl sites for hydroxylation is 2. The highest BCUT2D eigenvalue weighted by atomic mass is 32.2. The monoisotopic (exact) mass is 318 g/mol. The molecule has 0 saturated heterocycles. The standard InChI is InChI=1S/C18H22O3S/c1-13-6-7-14(2)17(12-13)21-22(19,20)16-10-8-15(9-11-16)18(3,4)5/h6-12H,1-5H3. The fraction of sp³-hybridized carbons (Fsp3) is 0.333. The van der Waals surface area contributed by atoms with E-state index in [0.717, 1.165) is 16.7 Å². The summed E-state index contributed by atoms with van der Waals surface area (Å²) in [5.74, 6) is 0.375. The van der Waals surface area contributed by atoms with Crippen LogP contribution in [0.4, 0.5) is 0 Å². The molecular formula is C18H22O3S. The van der Waals surface area contributed by atoms with Crippen molar-refractivity contribution in [3.63, 3.8) is 0 Å². The van der Waals surface area contributed by atoms with E-state index < -0.39 is 10.1 Å². The van der Waals surface area contributed by atoms with Crippen LogP contribution in [0, 0.1) is 13.8 Å². The first-order valence-electron chi connectivity index (χ1n) is 7.22. The van der Waals surface area contributed by atoms with Crippen LogP contribution in [0.15, 0.2) is 47.4 Å². The molecule has 0 radical (unpaired) electrons. The molecule has 2 aromatic carbocycles. The normalized spacial score (nSPS) is 12.2. The highest BCUT2D eigenvalue weighted by molar-refractivity contribution is 7.87. The predicted octanol–water partition coefficient (Wildman–Crippen LogP) is 4.37. The van der Waals surface area contributed by atoms with Gasteiger partial charge in [-0.2, -0.15) is 8.42 Å². The Morgan fingerprint density at radius 3 is 2.05 bits per heavy atom. The quantitative estimate of drug-likeness (QED) is 0.789. The Hall–Kier alpha value is -1.81. The van der Waals surface area contributed by atoms with Gasteiger partial charge >= 0.3 is 10.1 Å². The van der Waals surface area contributed by atoms with Crippen molar-refractivity contribution in [2.45, 2.75) is 44.9 Å². The first-order valence-corrected chi connectivity index (χ1v) is 8.63. The van der Waals surface area contributed by atoms with E-state index in [1.807, 2.05) is 38.1 Å². The van der Waals surface area contributed by atoms with Gasteiger partial charge in [-0.1, -0.05) is 45.0 Å². The number of benzene rings is 2. The zero-order valence-electron chi connectivity index (χ0n) is 13.7. The van der Waals surface area contributed by atoms with Crippen LogP contribution < -0.4 is 4.18 Å². The fourth-order valence-corrected chi connectivity index (χ4v) is 3.07. The van der Waals surface area contributed by atoms with Crippen molar-refractivity contribution >= 4 is 10.1 Å². The maximum atomic E-state index is 12.4. The minimum atomic E-state index is -3.81. The molecular weight excluding hydrogens is 296 g/mol. The van der Waals surface area contributed by atoms with Crippen LogP contribution in [-0.4, -0.2) is 8.42 Å². The first-order chi connectivity index (χ1) is 10.1. The summed E-state index contributed by atoms with van der Waals surface area (Å²) in [6.07, 6.45) is 0. The summed E-state index contributed by atoms with van der Waals surface area (Å²) >= 11 is 0. The molecule has 118 valence electrons. The lowest BCUT2D eigenvalue weighted by Gasteiger charge is -2.19. The Bertz CT molecular complexity index is 767. The molecule has 0 saturated carbocycles. The summed E-state index contributed by atoms with van der Waals surface area (Å²) in [5.41, 5.74) is 2.81. The maximum Gasteiger partial charge on any atom is 0.339 e. The highest BCUT2D eigenvalue weighted by Gasteiger charge is 2.20. The van der Waals surface area contributed by atoms with Crippen molar-refractivity contribution in [2.24, 2.45) is 0 Å². The van der Waals surface area contributed by atoms with Gasteiger partial charge < -0.3 is 4.18 Å². The van der Waals surface area contributed by atoms with Gasteiger partial charge in [0.25, 0.3) is 0 Å². The van der Waals surface area contributed by atoms with Crippen molar-refractivity contribution in [1.29, 1.82) is 0 Å². The topological polar surface area (TPSA) is 43.4 Å². The van der Waals surface area contributed by atoms with Crippen molar-refractivity contribution in [3.8, 4) is 5.75 Å². The SMILES string of the molecule is Cc1ccc(C)c(OS(=O)(=O)c2ccc(C(C)(C)C)cc2)c1. The van der Waals surface area contributed by atoms with Crippen LogP contribution in [0.5, 0.6) is 5.75 Å². The fourth-order valence-electron chi connectivity index (χ4n) is 2.08. The number of hydrogen-bond acceptors (Lipinski definition) is 3. The molecule has 0 aliphatic rings. The lowest BCUT2D eigenvalue weighted by Crippen LogP contribution is -2.13. The zero-order chi connectivity index (χ0) is 16.5. The Kier molecular flexibility index (Phi) is 4.34. The lowest BCUT2D eigenvalue weighted by molar-refractivity contribution is 0.483. The second kappa shape index (κ2) is 5.76. The van der Waals surface area contributed by atoms with E-state index in [2.05, 4.69) is 20.8 Å². The molecule has 0 heterocycles. The summed E-state index contributed by atoms with van der Waals surface area (Å²) in [7, 11) is -3.81. The first kappa shape index (κ1) is 16.6. The van der Waals surface area contributed by atoms with Gasteiger partial charge in [-0.05, 0) is 54.2 Å². The molecule has 2 aromatic rings. The summed E-state index contributed by atoms with van der Waals surface area (Å²) in [5, 5.41) is 0. The van der Waals surface area contributed by atoms with Crippen molar-refractivity contribution in [3.05, 3.63) is 59.2 Å². The van der Waals surface area contributed by atoms with E-state index in [4.69, 9.17) is 4.18 Å². The maximum absolute atomic E-state index is 12.4. The van der Waals surface area contributed by atoms with E-state index in [9.17, 15) is 8.42 Å². The van der Waals surface area contributed by atoms with Gasteiger partial charge in [0.2, 0.25) is 0 Å². The van der Waals surface area contributed by atoms with E-state index in [0.29, 0.717) is 5.75 Å². The van der Waals surface area contributed by atoms with Gasteiger partial charge in [0, 0.05) is 0 Å². The van der Waals surface area contributed by atoms with Crippen LogP contribution in [0.1, 0.15) is 37.5 Å². The van der Waals surface area contributed by atoms with Crippen LogP contribution in [0.3, 0.4) is 0 Å². The molecule has 0 aliphatic carbocycles. The molecule has 3 nitrogen and oxygen atoms in total. The number of rotatable bonds is 3. The molecule has 4 heteroatoms. The third-order valence-electron chi connectivity index (χ3n) is 3.55. The molecule has 0 fully saturated rings. The Labute approximate surface area is 133 Å². The van der Waals surface area contributed by atoms with Gasteiger partial charge in [-0.25, -0.2) is 0 Å². The number of hydrogen-bond donors (Lipinski definition) is 0. The van der Waals surface area contributed by atoms with Crippen LogP contribution in [-0.2, 0) is 15.5 Å². The third kappa shape index (κ3) is 3.69. The Morgan fingerprint density at radius 2 is 1.50 bits per heavy atom. The minimum absolute atomic E-state index is 0.0176. The summed E-state index contributed by atoms with van der Waals surface area (Å²) in [4.78, 5) is 0.168. The average molecular weight is 318 g/mol. The van der Waals surface area contributed by atoms with E-state index in [1.54, 1.807) is 18.2 Å². The summed E-state index contributed by atoms with van der Waals surface area (Å²) in [6.45, 7) is 9.99. The highest BCUT2D eigenvalue weighted by Crippen LogP contribution is 2.26. The van der Waals surface area contributed by atoms with Crippen molar-refractivity contribution < 1.29 is 12.6 Å². The lowest BCUT2D eigenvalue weighted by atomic mass is 9.87. The van der Waals surface area contributed by atoms with E-state index >= 15 is 0 Å². The smallest absolute Gasteiger partial charge is 0.339 e. The zero-order valence-corrected chi connectivity index (χ0v) is 14.5. The molecule has 22 heavy (non-hydrogen) atoms. The van der Waals surface area contributed by atoms with Crippen LogP contribution >= 0.6 is 0 Å². The Balaban J connectivity index is 2.33. The second-order valence-electron chi connectivity index (χ2n) is 6.58. The van der Waals surface area contributed by atoms with Crippen molar-refractivity contribution in [1.82, 2.24) is 0 Å². The predicted molar refractivity (Wildman–Crippen MR) is 88.9 cm³/mol. The van der Waals surface area contributed by atoms with Gasteiger partial charge in [0.1, 0.15) is 10.6 Å². The molecule has 0 amide bonds. The molecule has 2 rings (SSSR count). The largest absolute Gasteiger partial charge is 0.379 e. The molecule has 0 aromatic heterocycles. The van der Waals surface area contributed by atoms with Crippen LogP contribution in [0.25, 0.3) is 0 Å². The Morgan fingerprint density at radius 1 is 0.909 bits per heavy atom. The van der Waals surface area contributed by atoms with E-state index in [-0.39, 0.29) is 10.3 Å². The molecule has 0 spiro atoms. The average Bonchev–Trinajstić information content (AvgIpc) is 2.42. The molecule has 0 N–H and O–H groups in total. The van der Waals surface area contributed by atoms with E-state index in [1.165, 1.54) is 0 Å². The second-order valence-corrected chi connectivity index (χ2v) is 8.13. The molecule has 0 aliphatic heterocycles.